The van der Waals surface area contributed by atoms with Crippen molar-refractivity contribution in [3.8, 4) is 0 Å². The largest absolute Gasteiger partial charge is 0.466 e. The van der Waals surface area contributed by atoms with Crippen LogP contribution in [0, 0.1) is 11.7 Å². The monoisotopic (exact) mass is 726 g/mol. The molecule has 1 aliphatic carbocycles. The number of ether oxygens (including phenoxy) is 4. The van der Waals surface area contributed by atoms with E-state index in [0.717, 1.165) is 23.7 Å². The summed E-state index contributed by atoms with van der Waals surface area (Å²) < 4.78 is 41.7. The Morgan fingerprint density at radius 1 is 0.980 bits per heavy atom. The lowest BCUT2D eigenvalue weighted by Gasteiger charge is -2.48. The predicted molar refractivity (Wildman–Crippen MR) is 191 cm³/mol. The molecule has 1 N–H and O–H groups in total. The van der Waals surface area contributed by atoms with Gasteiger partial charge in [0.15, 0.2) is 5.78 Å². The third kappa shape index (κ3) is 7.58. The number of ketones is 1. The first-order chi connectivity index (χ1) is 24.6. The van der Waals surface area contributed by atoms with Crippen LogP contribution < -0.4 is 5.32 Å². The number of likely N-dealkylation sites (tertiary alicyclic amines) is 2. The van der Waals surface area contributed by atoms with E-state index in [2.05, 4.69) is 10.2 Å². The van der Waals surface area contributed by atoms with E-state index < -0.39 is 17.6 Å². The summed E-state index contributed by atoms with van der Waals surface area (Å²) in [5, 5.41) is 3.63. The van der Waals surface area contributed by atoms with Gasteiger partial charge in [-0.25, -0.2) is 4.39 Å². The molecule has 3 aliphatic rings. The second kappa shape index (κ2) is 16.1. The SMILES string of the molecule is CCOC(=O)C1CCC(OC(C(=O)Cc2cc(Cl)c(NC(=O)c3cn(C)c4ccccc34)cc2F)(N2CCCC2)N2C[C@H](OC)[C@H](OC)C2)CC1. The number of fused-ring (bicyclic) bond motifs is 1. The first-order valence-corrected chi connectivity index (χ1v) is 18.2. The number of aromatic nitrogens is 1. The first kappa shape index (κ1) is 37.4. The van der Waals surface area contributed by atoms with Crippen LogP contribution in [0.1, 0.15) is 61.4 Å². The number of hydrogen-bond acceptors (Lipinski definition) is 9. The van der Waals surface area contributed by atoms with E-state index in [1.165, 1.54) is 12.1 Å². The summed E-state index contributed by atoms with van der Waals surface area (Å²) in [7, 11) is 5.09. The van der Waals surface area contributed by atoms with Gasteiger partial charge in [-0.05, 0) is 69.2 Å². The second-order valence-electron chi connectivity index (χ2n) is 13.7. The second-order valence-corrected chi connectivity index (χ2v) is 14.2. The van der Waals surface area contributed by atoms with Crippen molar-refractivity contribution in [3.63, 3.8) is 0 Å². The van der Waals surface area contributed by atoms with Gasteiger partial charge in [0.2, 0.25) is 5.85 Å². The fourth-order valence-electron chi connectivity index (χ4n) is 7.96. The first-order valence-electron chi connectivity index (χ1n) is 17.9. The van der Waals surface area contributed by atoms with E-state index in [1.807, 2.05) is 40.8 Å². The molecule has 3 aromatic rings. The van der Waals surface area contributed by atoms with Crippen molar-refractivity contribution in [3.05, 3.63) is 64.6 Å². The summed E-state index contributed by atoms with van der Waals surface area (Å²) in [5.74, 6) is -3.36. The Balaban J connectivity index is 1.28. The smallest absolute Gasteiger partial charge is 0.308 e. The topological polar surface area (TPSA) is 112 Å². The third-order valence-electron chi connectivity index (χ3n) is 10.6. The molecule has 0 spiro atoms. The van der Waals surface area contributed by atoms with Crippen LogP contribution in [0.5, 0.6) is 0 Å². The summed E-state index contributed by atoms with van der Waals surface area (Å²) >= 11 is 6.68. The molecule has 6 rings (SSSR count). The Morgan fingerprint density at radius 3 is 2.29 bits per heavy atom. The number of carbonyl (C=O) groups is 3. The van der Waals surface area contributed by atoms with Gasteiger partial charge < -0.3 is 28.8 Å². The van der Waals surface area contributed by atoms with Gasteiger partial charge in [0, 0.05) is 71.0 Å². The van der Waals surface area contributed by atoms with Crippen LogP contribution in [0.25, 0.3) is 10.9 Å². The molecule has 51 heavy (non-hydrogen) atoms. The van der Waals surface area contributed by atoms with Gasteiger partial charge >= 0.3 is 5.97 Å². The predicted octanol–water partition coefficient (Wildman–Crippen LogP) is 5.57. The normalized spacial score (nSPS) is 24.1. The van der Waals surface area contributed by atoms with Crippen LogP contribution in [-0.4, -0.2) is 103 Å². The number of amides is 1. The summed E-state index contributed by atoms with van der Waals surface area (Å²) in [5.41, 5.74) is 1.52. The molecule has 2 saturated heterocycles. The molecule has 2 aromatic carbocycles. The molecule has 1 aromatic heterocycles. The van der Waals surface area contributed by atoms with Gasteiger partial charge in [-0.2, -0.15) is 0 Å². The third-order valence-corrected chi connectivity index (χ3v) is 11.0. The van der Waals surface area contributed by atoms with Crippen LogP contribution in [0.2, 0.25) is 5.02 Å². The molecule has 1 unspecified atom stereocenters. The van der Waals surface area contributed by atoms with Gasteiger partial charge in [0.25, 0.3) is 5.91 Å². The number of anilines is 1. The Hall–Kier alpha value is -3.39. The average Bonchev–Trinajstić information content (AvgIpc) is 3.89. The fourth-order valence-corrected chi connectivity index (χ4v) is 8.19. The summed E-state index contributed by atoms with van der Waals surface area (Å²) in [6.45, 7) is 4.12. The lowest BCUT2D eigenvalue weighted by Crippen LogP contribution is -2.67. The van der Waals surface area contributed by atoms with Crippen molar-refractivity contribution in [2.24, 2.45) is 13.0 Å². The van der Waals surface area contributed by atoms with E-state index >= 15 is 4.39 Å². The van der Waals surface area contributed by atoms with E-state index in [-0.39, 0.29) is 58.7 Å². The minimum absolute atomic E-state index is 0.0946. The maximum absolute atomic E-state index is 16.0. The van der Waals surface area contributed by atoms with Crippen LogP contribution >= 0.6 is 11.6 Å². The van der Waals surface area contributed by atoms with Crippen molar-refractivity contribution in [1.82, 2.24) is 14.4 Å². The quantitative estimate of drug-likeness (QED) is 0.226. The molecule has 0 radical (unpaired) electrons. The zero-order valence-electron chi connectivity index (χ0n) is 29.8. The number of hydrogen-bond donors (Lipinski definition) is 1. The average molecular weight is 727 g/mol. The molecule has 3 fully saturated rings. The van der Waals surface area contributed by atoms with Crippen molar-refractivity contribution >= 4 is 45.9 Å². The lowest BCUT2D eigenvalue weighted by molar-refractivity contribution is -0.254. The van der Waals surface area contributed by atoms with Crippen LogP contribution in [-0.2, 0) is 42.0 Å². The number of Topliss-reactive ketones (excluding diaryl/α,β-unsaturated/α-hetero) is 1. The number of benzene rings is 2. The fraction of sp³-hybridized carbons (Fsp3) is 0.553. The number of rotatable bonds is 13. The zero-order chi connectivity index (χ0) is 36.3. The highest BCUT2D eigenvalue weighted by Gasteiger charge is 2.56. The van der Waals surface area contributed by atoms with Gasteiger partial charge in [0.05, 0.1) is 47.1 Å². The van der Waals surface area contributed by atoms with Crippen LogP contribution in [0.4, 0.5) is 10.1 Å². The molecular formula is C38H48ClFN4O7. The van der Waals surface area contributed by atoms with Crippen molar-refractivity contribution in [2.75, 3.05) is 52.3 Å². The number of methoxy groups -OCH3 is 2. The lowest BCUT2D eigenvalue weighted by atomic mass is 9.87. The highest BCUT2D eigenvalue weighted by Crippen LogP contribution is 2.39. The Morgan fingerprint density at radius 2 is 1.65 bits per heavy atom. The molecule has 13 heteroatoms. The number of nitrogens with one attached hydrogen (secondary N) is 1. The van der Waals surface area contributed by atoms with E-state index in [0.29, 0.717) is 64.0 Å². The molecule has 3 atom stereocenters. The maximum atomic E-state index is 16.0. The molecule has 11 nitrogen and oxygen atoms in total. The number of esters is 1. The molecule has 1 saturated carbocycles. The van der Waals surface area contributed by atoms with Crippen molar-refractivity contribution in [2.45, 2.75) is 76.0 Å². The van der Waals surface area contributed by atoms with Gasteiger partial charge in [-0.1, -0.05) is 29.8 Å². The van der Waals surface area contributed by atoms with E-state index in [1.54, 1.807) is 27.3 Å². The van der Waals surface area contributed by atoms with Crippen molar-refractivity contribution < 1.29 is 37.7 Å². The maximum Gasteiger partial charge on any atom is 0.308 e. The highest BCUT2D eigenvalue weighted by molar-refractivity contribution is 6.34. The van der Waals surface area contributed by atoms with Crippen LogP contribution in [0.15, 0.2) is 42.6 Å². The minimum Gasteiger partial charge on any atom is -0.466 e. The van der Waals surface area contributed by atoms with Crippen molar-refractivity contribution in [1.29, 1.82) is 0 Å². The molecule has 0 bridgehead atoms. The molecule has 1 amide bonds. The molecule has 2 aliphatic heterocycles. The summed E-state index contributed by atoms with van der Waals surface area (Å²) in [6, 6.07) is 10.1. The number of para-hydroxylation sites is 1. The van der Waals surface area contributed by atoms with Gasteiger partial charge in [-0.3, -0.25) is 24.2 Å². The Labute approximate surface area is 303 Å². The summed E-state index contributed by atoms with van der Waals surface area (Å²) in [6.07, 6.45) is 4.60. The van der Waals surface area contributed by atoms with E-state index in [4.69, 9.17) is 30.5 Å². The number of aryl methyl sites for hydroxylation is 1. The van der Waals surface area contributed by atoms with Crippen LogP contribution in [0.3, 0.4) is 0 Å². The Kier molecular flexibility index (Phi) is 11.8. The molecule has 3 heterocycles. The highest BCUT2D eigenvalue weighted by atomic mass is 35.5. The molecule has 276 valence electrons. The number of halogens is 2. The summed E-state index contributed by atoms with van der Waals surface area (Å²) in [4.78, 5) is 44.8. The van der Waals surface area contributed by atoms with E-state index in [9.17, 15) is 14.4 Å². The number of nitrogens with zero attached hydrogens (tertiary/aromatic N) is 3. The van der Waals surface area contributed by atoms with Gasteiger partial charge in [0.1, 0.15) is 5.82 Å². The Bertz CT molecular complexity index is 1730. The minimum atomic E-state index is -1.53. The zero-order valence-corrected chi connectivity index (χ0v) is 30.5. The number of carbonyl (C=O) groups excluding carboxylic acids is 3. The van der Waals surface area contributed by atoms with Gasteiger partial charge in [-0.15, -0.1) is 0 Å². The molecular weight excluding hydrogens is 679 g/mol. The standard InChI is InChI=1S/C38H48ClFN4O7/c1-5-50-37(47)24-12-14-26(15-13-24)51-38(43-16-8-9-17-43,44-22-33(48-3)34(23-44)49-4)35(45)19-25-18-29(39)31(20-30(25)40)41-36(46)28-21-42(2)32-11-7-6-10-27(28)32/h6-7,10-11,18,20-21,24,26,33-34H,5,8-9,12-17,19,22-23H2,1-4H3,(H,41,46)/t24?,26?,33-,34+,38?.